The van der Waals surface area contributed by atoms with Crippen LogP contribution in [0.2, 0.25) is 0 Å². The maximum Gasteiger partial charge on any atom is 0.225 e. The zero-order valence-corrected chi connectivity index (χ0v) is 17.4. The van der Waals surface area contributed by atoms with Crippen LogP contribution in [0.15, 0.2) is 36.7 Å². The van der Waals surface area contributed by atoms with Gasteiger partial charge < -0.3 is 25.0 Å². The Hall–Kier alpha value is -3.20. The van der Waals surface area contributed by atoms with E-state index in [0.717, 1.165) is 81.3 Å². The van der Waals surface area contributed by atoms with Gasteiger partial charge in [-0.2, -0.15) is 4.98 Å². The standard InChI is InChI=1S/C22H27N7O2/c30-20-3-7-24-22(27-20)25-15-16-4-8-29(9-5-16)21-17-2-1-6-23-18(17)14-19(26-21)28-10-12-31-13-11-28/h1-3,6-7,14,16H,4-5,8-13,15H2,(H2,24,25,27,30). The lowest BCUT2D eigenvalue weighted by Gasteiger charge is -2.34. The number of aromatic nitrogens is 4. The van der Waals surface area contributed by atoms with Gasteiger partial charge in [-0.25, -0.2) is 9.97 Å². The first-order valence-corrected chi connectivity index (χ1v) is 10.9. The predicted octanol–water partition coefficient (Wildman–Crippen LogP) is 2.29. The highest BCUT2D eigenvalue weighted by molar-refractivity contribution is 5.91. The van der Waals surface area contributed by atoms with Crippen molar-refractivity contribution in [3.63, 3.8) is 0 Å². The van der Waals surface area contributed by atoms with Gasteiger partial charge in [0.15, 0.2) is 0 Å². The maximum absolute atomic E-state index is 9.49. The lowest BCUT2D eigenvalue weighted by atomic mass is 9.96. The molecule has 0 aliphatic carbocycles. The van der Waals surface area contributed by atoms with Gasteiger partial charge in [0.2, 0.25) is 11.8 Å². The molecule has 9 heteroatoms. The largest absolute Gasteiger partial charge is 0.493 e. The van der Waals surface area contributed by atoms with Crippen molar-refractivity contribution in [2.75, 3.05) is 61.1 Å². The monoisotopic (exact) mass is 421 g/mol. The summed E-state index contributed by atoms with van der Waals surface area (Å²) < 4.78 is 5.50. The molecule has 0 bridgehead atoms. The van der Waals surface area contributed by atoms with Crippen molar-refractivity contribution in [1.82, 2.24) is 19.9 Å². The average Bonchev–Trinajstić information content (AvgIpc) is 2.83. The molecule has 31 heavy (non-hydrogen) atoms. The van der Waals surface area contributed by atoms with Crippen molar-refractivity contribution in [3.05, 3.63) is 36.7 Å². The Bertz CT molecular complexity index is 1030. The molecule has 2 saturated heterocycles. The number of ether oxygens (including phenoxy) is 1. The summed E-state index contributed by atoms with van der Waals surface area (Å²) >= 11 is 0. The predicted molar refractivity (Wildman–Crippen MR) is 120 cm³/mol. The van der Waals surface area contributed by atoms with E-state index in [4.69, 9.17) is 9.72 Å². The fourth-order valence-corrected chi connectivity index (χ4v) is 4.26. The van der Waals surface area contributed by atoms with Crippen LogP contribution in [0.1, 0.15) is 12.8 Å². The quantitative estimate of drug-likeness (QED) is 0.643. The Morgan fingerprint density at radius 1 is 1.00 bits per heavy atom. The molecule has 0 atom stereocenters. The number of hydrogen-bond acceptors (Lipinski definition) is 9. The summed E-state index contributed by atoms with van der Waals surface area (Å²) in [6, 6.07) is 7.66. The fourth-order valence-electron chi connectivity index (χ4n) is 4.26. The van der Waals surface area contributed by atoms with E-state index in [2.05, 4.69) is 42.2 Å². The summed E-state index contributed by atoms with van der Waals surface area (Å²) in [4.78, 5) is 22.5. The number of aromatic hydroxyl groups is 1. The molecule has 2 fully saturated rings. The molecule has 0 unspecified atom stereocenters. The third-order valence-electron chi connectivity index (χ3n) is 6.00. The molecule has 0 radical (unpaired) electrons. The molecule has 0 aromatic carbocycles. The first-order chi connectivity index (χ1) is 15.3. The van der Waals surface area contributed by atoms with E-state index in [-0.39, 0.29) is 5.88 Å². The zero-order chi connectivity index (χ0) is 21.0. The lowest BCUT2D eigenvalue weighted by molar-refractivity contribution is 0.122. The summed E-state index contributed by atoms with van der Waals surface area (Å²) in [7, 11) is 0. The molecular formula is C22H27N7O2. The van der Waals surface area contributed by atoms with E-state index >= 15 is 0 Å². The smallest absolute Gasteiger partial charge is 0.225 e. The first kappa shape index (κ1) is 19.7. The highest BCUT2D eigenvalue weighted by atomic mass is 16.5. The molecule has 3 aromatic rings. The minimum absolute atomic E-state index is 0.0148. The van der Waals surface area contributed by atoms with Gasteiger partial charge in [-0.1, -0.05) is 0 Å². The second-order valence-electron chi connectivity index (χ2n) is 8.02. The highest BCUT2D eigenvalue weighted by Crippen LogP contribution is 2.31. The van der Waals surface area contributed by atoms with Crippen LogP contribution in [-0.4, -0.2) is 71.0 Å². The summed E-state index contributed by atoms with van der Waals surface area (Å²) in [5.74, 6) is 2.98. The second kappa shape index (κ2) is 8.89. The SMILES string of the molecule is Oc1ccnc(NCC2CCN(c3nc(N4CCOCC4)cc4ncccc34)CC2)n1. The van der Waals surface area contributed by atoms with Crippen LogP contribution in [0.5, 0.6) is 5.88 Å². The molecule has 5 heterocycles. The van der Waals surface area contributed by atoms with E-state index in [9.17, 15) is 5.11 Å². The Morgan fingerprint density at radius 3 is 2.65 bits per heavy atom. The number of morpholine rings is 1. The number of pyridine rings is 2. The summed E-state index contributed by atoms with van der Waals surface area (Å²) in [5.41, 5.74) is 0.985. The van der Waals surface area contributed by atoms with Crippen LogP contribution in [0.25, 0.3) is 10.9 Å². The molecular weight excluding hydrogens is 394 g/mol. The van der Waals surface area contributed by atoms with Crippen molar-refractivity contribution >= 4 is 28.5 Å². The van der Waals surface area contributed by atoms with Gasteiger partial charge in [0.1, 0.15) is 11.6 Å². The molecule has 5 rings (SSSR count). The summed E-state index contributed by atoms with van der Waals surface area (Å²) in [5, 5.41) is 13.8. The number of nitrogens with zero attached hydrogens (tertiary/aromatic N) is 6. The van der Waals surface area contributed by atoms with Crippen LogP contribution < -0.4 is 15.1 Å². The third-order valence-corrected chi connectivity index (χ3v) is 6.00. The van der Waals surface area contributed by atoms with Crippen LogP contribution >= 0.6 is 0 Å². The third kappa shape index (κ3) is 4.46. The first-order valence-electron chi connectivity index (χ1n) is 10.9. The molecule has 3 aromatic heterocycles. The summed E-state index contributed by atoms with van der Waals surface area (Å²) in [6.07, 6.45) is 5.50. The minimum Gasteiger partial charge on any atom is -0.493 e. The van der Waals surface area contributed by atoms with Crippen molar-refractivity contribution in [3.8, 4) is 5.88 Å². The van der Waals surface area contributed by atoms with Gasteiger partial charge in [0.25, 0.3) is 0 Å². The molecule has 0 amide bonds. The lowest BCUT2D eigenvalue weighted by Crippen LogP contribution is -2.38. The number of piperidine rings is 1. The van der Waals surface area contributed by atoms with Crippen LogP contribution in [-0.2, 0) is 4.74 Å². The normalized spacial score (nSPS) is 17.8. The van der Waals surface area contributed by atoms with E-state index in [1.807, 2.05) is 12.3 Å². The maximum atomic E-state index is 9.49. The fraction of sp³-hybridized carbons (Fsp3) is 0.455. The Labute approximate surface area is 181 Å². The average molecular weight is 422 g/mol. The van der Waals surface area contributed by atoms with E-state index < -0.39 is 0 Å². The number of hydrogen-bond donors (Lipinski definition) is 2. The molecule has 9 nitrogen and oxygen atoms in total. The van der Waals surface area contributed by atoms with Crippen molar-refractivity contribution in [2.45, 2.75) is 12.8 Å². The Kier molecular flexibility index (Phi) is 5.66. The van der Waals surface area contributed by atoms with Crippen LogP contribution in [0.4, 0.5) is 17.6 Å². The highest BCUT2D eigenvalue weighted by Gasteiger charge is 2.23. The van der Waals surface area contributed by atoms with E-state index in [1.165, 1.54) is 6.07 Å². The Morgan fingerprint density at radius 2 is 1.84 bits per heavy atom. The van der Waals surface area contributed by atoms with Crippen LogP contribution in [0.3, 0.4) is 0 Å². The Balaban J connectivity index is 1.29. The molecule has 0 saturated carbocycles. The van der Waals surface area contributed by atoms with Gasteiger partial charge >= 0.3 is 0 Å². The minimum atomic E-state index is -0.0148. The molecule has 0 spiro atoms. The molecule has 2 N–H and O–H groups in total. The van der Waals surface area contributed by atoms with Gasteiger partial charge in [-0.3, -0.25) is 4.98 Å². The molecule has 162 valence electrons. The number of nitrogens with one attached hydrogen (secondary N) is 1. The number of fused-ring (bicyclic) bond motifs is 1. The topological polar surface area (TPSA) is 99.5 Å². The number of anilines is 3. The van der Waals surface area contributed by atoms with Gasteiger partial charge in [0.05, 0.1) is 18.7 Å². The van der Waals surface area contributed by atoms with Gasteiger partial charge in [0, 0.05) is 62.6 Å². The summed E-state index contributed by atoms with van der Waals surface area (Å²) in [6.45, 7) is 5.86. The molecule has 2 aliphatic rings. The van der Waals surface area contributed by atoms with Gasteiger partial charge in [-0.15, -0.1) is 0 Å². The van der Waals surface area contributed by atoms with Gasteiger partial charge in [-0.05, 0) is 30.9 Å². The molecule has 2 aliphatic heterocycles. The van der Waals surface area contributed by atoms with Crippen molar-refractivity contribution in [1.29, 1.82) is 0 Å². The van der Waals surface area contributed by atoms with Crippen LogP contribution in [0, 0.1) is 5.92 Å². The second-order valence-corrected chi connectivity index (χ2v) is 8.02. The number of rotatable bonds is 5. The zero-order valence-electron chi connectivity index (χ0n) is 17.4. The van der Waals surface area contributed by atoms with E-state index in [0.29, 0.717) is 11.9 Å². The van der Waals surface area contributed by atoms with Crippen molar-refractivity contribution < 1.29 is 9.84 Å². The van der Waals surface area contributed by atoms with E-state index in [1.54, 1.807) is 6.20 Å². The van der Waals surface area contributed by atoms with Crippen molar-refractivity contribution in [2.24, 2.45) is 5.92 Å².